The molecule has 1 atom stereocenters. The monoisotopic (exact) mass is 334 g/mol. The summed E-state index contributed by atoms with van der Waals surface area (Å²) in [5, 5.41) is 6.06. The number of hydrogen-bond donors (Lipinski definition) is 2. The Morgan fingerprint density at radius 1 is 1.25 bits per heavy atom. The first-order valence-corrected chi connectivity index (χ1v) is 8.67. The van der Waals surface area contributed by atoms with Crippen LogP contribution in [0.5, 0.6) is 0 Å². The molecule has 7 heteroatoms. The first kappa shape index (κ1) is 17.1. The van der Waals surface area contributed by atoms with Gasteiger partial charge >= 0.3 is 6.03 Å². The molecule has 1 unspecified atom stereocenters. The zero-order valence-corrected chi connectivity index (χ0v) is 13.9. The van der Waals surface area contributed by atoms with Gasteiger partial charge in [0, 0.05) is 51.3 Å². The lowest BCUT2D eigenvalue weighted by Crippen LogP contribution is -2.48. The number of rotatable bonds is 5. The van der Waals surface area contributed by atoms with E-state index in [1.807, 2.05) is 12.3 Å². The van der Waals surface area contributed by atoms with Crippen LogP contribution in [0, 0.1) is 0 Å². The van der Waals surface area contributed by atoms with E-state index in [9.17, 15) is 4.79 Å². The molecule has 0 aliphatic carbocycles. The van der Waals surface area contributed by atoms with Crippen LogP contribution in [0.2, 0.25) is 0 Å². The van der Waals surface area contributed by atoms with Gasteiger partial charge in [-0.2, -0.15) is 0 Å². The molecule has 0 aromatic carbocycles. The van der Waals surface area contributed by atoms with Crippen LogP contribution in [0.1, 0.15) is 24.4 Å². The van der Waals surface area contributed by atoms with Gasteiger partial charge in [0.15, 0.2) is 0 Å². The second-order valence-electron chi connectivity index (χ2n) is 6.19. The van der Waals surface area contributed by atoms with Gasteiger partial charge in [0.2, 0.25) is 0 Å². The molecule has 2 N–H and O–H groups in total. The molecule has 132 valence electrons. The Labute approximate surface area is 142 Å². The molecule has 1 aromatic rings. The zero-order valence-electron chi connectivity index (χ0n) is 13.9. The van der Waals surface area contributed by atoms with Crippen molar-refractivity contribution in [3.8, 4) is 0 Å². The minimum Gasteiger partial charge on any atom is -0.381 e. The van der Waals surface area contributed by atoms with Crippen molar-refractivity contribution in [1.29, 1.82) is 0 Å². The Balaban J connectivity index is 1.56. The smallest absolute Gasteiger partial charge is 0.315 e. The number of pyridine rings is 1. The van der Waals surface area contributed by atoms with E-state index in [0.29, 0.717) is 6.54 Å². The van der Waals surface area contributed by atoms with Crippen LogP contribution < -0.4 is 10.6 Å². The highest BCUT2D eigenvalue weighted by Gasteiger charge is 2.24. The van der Waals surface area contributed by atoms with E-state index in [4.69, 9.17) is 9.47 Å². The van der Waals surface area contributed by atoms with Crippen molar-refractivity contribution < 1.29 is 14.3 Å². The lowest BCUT2D eigenvalue weighted by molar-refractivity contribution is 0.0166. The highest BCUT2D eigenvalue weighted by atomic mass is 16.5. The summed E-state index contributed by atoms with van der Waals surface area (Å²) in [6.07, 6.45) is 5.40. The average molecular weight is 334 g/mol. The fourth-order valence-corrected chi connectivity index (χ4v) is 3.19. The molecule has 2 aliphatic rings. The van der Waals surface area contributed by atoms with Crippen molar-refractivity contribution in [2.75, 3.05) is 46.1 Å². The first-order valence-electron chi connectivity index (χ1n) is 8.67. The minimum absolute atomic E-state index is 0.107. The summed E-state index contributed by atoms with van der Waals surface area (Å²) >= 11 is 0. The lowest BCUT2D eigenvalue weighted by atomic mass is 10.1. The topological polar surface area (TPSA) is 75.7 Å². The molecule has 2 amide bonds. The summed E-state index contributed by atoms with van der Waals surface area (Å²) < 4.78 is 10.8. The standard InChI is InChI=1S/C17H26N4O3/c22-17(20-15-3-8-23-9-4-15)19-13-16(14-2-1-5-18-12-14)21-6-10-24-11-7-21/h1-2,5,12,15-16H,3-4,6-11,13H2,(H2,19,20,22). The van der Waals surface area contributed by atoms with Crippen LogP contribution in [0.15, 0.2) is 24.5 Å². The van der Waals surface area contributed by atoms with E-state index in [1.54, 1.807) is 6.20 Å². The molecule has 0 saturated carbocycles. The summed E-state index contributed by atoms with van der Waals surface area (Å²) in [4.78, 5) is 18.8. The summed E-state index contributed by atoms with van der Waals surface area (Å²) in [6, 6.07) is 4.21. The quantitative estimate of drug-likeness (QED) is 0.838. The molecule has 0 radical (unpaired) electrons. The van der Waals surface area contributed by atoms with Crippen LogP contribution >= 0.6 is 0 Å². The number of carbonyl (C=O) groups excluding carboxylic acids is 1. The van der Waals surface area contributed by atoms with E-state index >= 15 is 0 Å². The third kappa shape index (κ3) is 4.90. The molecule has 1 aromatic heterocycles. The number of carbonyl (C=O) groups is 1. The van der Waals surface area contributed by atoms with E-state index in [0.717, 1.165) is 57.9 Å². The Bertz CT molecular complexity index is 502. The molecule has 24 heavy (non-hydrogen) atoms. The van der Waals surface area contributed by atoms with Gasteiger partial charge in [-0.3, -0.25) is 9.88 Å². The van der Waals surface area contributed by atoms with Gasteiger partial charge in [-0.05, 0) is 24.5 Å². The molecule has 7 nitrogen and oxygen atoms in total. The number of aromatic nitrogens is 1. The van der Waals surface area contributed by atoms with Gasteiger partial charge in [0.05, 0.1) is 19.3 Å². The fourth-order valence-electron chi connectivity index (χ4n) is 3.19. The van der Waals surface area contributed by atoms with E-state index in [1.165, 1.54) is 0 Å². The average Bonchev–Trinajstić information content (AvgIpc) is 2.64. The third-order valence-electron chi connectivity index (χ3n) is 4.57. The molecule has 2 saturated heterocycles. The number of amides is 2. The largest absolute Gasteiger partial charge is 0.381 e. The second kappa shape index (κ2) is 8.96. The number of urea groups is 1. The summed E-state index contributed by atoms with van der Waals surface area (Å²) in [5.74, 6) is 0. The summed E-state index contributed by atoms with van der Waals surface area (Å²) in [7, 11) is 0. The molecular formula is C17H26N4O3. The van der Waals surface area contributed by atoms with Gasteiger partial charge in [-0.25, -0.2) is 4.79 Å². The SMILES string of the molecule is O=C(NCC(c1cccnc1)N1CCOCC1)NC1CCOCC1. The number of morpholine rings is 1. The van der Waals surface area contributed by atoms with Crippen LogP contribution in [0.3, 0.4) is 0 Å². The molecular weight excluding hydrogens is 308 g/mol. The highest BCUT2D eigenvalue weighted by molar-refractivity contribution is 5.74. The Hall–Kier alpha value is -1.70. The molecule has 2 fully saturated rings. The van der Waals surface area contributed by atoms with Crippen LogP contribution in [-0.2, 0) is 9.47 Å². The first-order chi connectivity index (χ1) is 11.8. The molecule has 3 heterocycles. The highest BCUT2D eigenvalue weighted by Crippen LogP contribution is 2.20. The Morgan fingerprint density at radius 2 is 2.00 bits per heavy atom. The molecule has 2 aliphatic heterocycles. The molecule has 0 bridgehead atoms. The van der Waals surface area contributed by atoms with Crippen molar-refractivity contribution in [2.24, 2.45) is 0 Å². The predicted molar refractivity (Wildman–Crippen MR) is 89.7 cm³/mol. The molecule has 0 spiro atoms. The molecule has 3 rings (SSSR count). The van der Waals surface area contributed by atoms with E-state index < -0.39 is 0 Å². The number of nitrogens with one attached hydrogen (secondary N) is 2. The Kier molecular flexibility index (Phi) is 6.40. The Morgan fingerprint density at radius 3 is 2.71 bits per heavy atom. The normalized spacial score (nSPS) is 21.2. The van der Waals surface area contributed by atoms with Crippen molar-refractivity contribution >= 4 is 6.03 Å². The maximum Gasteiger partial charge on any atom is 0.315 e. The van der Waals surface area contributed by atoms with Gasteiger partial charge in [-0.1, -0.05) is 6.07 Å². The van der Waals surface area contributed by atoms with Crippen molar-refractivity contribution in [2.45, 2.75) is 24.9 Å². The van der Waals surface area contributed by atoms with Gasteiger partial charge < -0.3 is 20.1 Å². The van der Waals surface area contributed by atoms with Crippen LogP contribution in [-0.4, -0.2) is 68.0 Å². The summed E-state index contributed by atoms with van der Waals surface area (Å²) in [6.45, 7) is 5.18. The lowest BCUT2D eigenvalue weighted by Gasteiger charge is -2.34. The number of ether oxygens (including phenoxy) is 2. The van der Waals surface area contributed by atoms with Crippen LogP contribution in [0.25, 0.3) is 0 Å². The van der Waals surface area contributed by atoms with E-state index in [2.05, 4.69) is 26.6 Å². The summed E-state index contributed by atoms with van der Waals surface area (Å²) in [5.41, 5.74) is 1.12. The number of nitrogens with zero attached hydrogens (tertiary/aromatic N) is 2. The maximum atomic E-state index is 12.2. The van der Waals surface area contributed by atoms with Gasteiger partial charge in [0.25, 0.3) is 0 Å². The van der Waals surface area contributed by atoms with Gasteiger partial charge in [-0.15, -0.1) is 0 Å². The fraction of sp³-hybridized carbons (Fsp3) is 0.647. The van der Waals surface area contributed by atoms with Gasteiger partial charge in [0.1, 0.15) is 0 Å². The van der Waals surface area contributed by atoms with Crippen molar-refractivity contribution in [1.82, 2.24) is 20.5 Å². The second-order valence-corrected chi connectivity index (χ2v) is 6.19. The zero-order chi connectivity index (χ0) is 16.6. The maximum absolute atomic E-state index is 12.2. The van der Waals surface area contributed by atoms with Crippen molar-refractivity contribution in [3.63, 3.8) is 0 Å². The van der Waals surface area contributed by atoms with Crippen molar-refractivity contribution in [3.05, 3.63) is 30.1 Å². The minimum atomic E-state index is -0.107. The van der Waals surface area contributed by atoms with Crippen LogP contribution in [0.4, 0.5) is 4.79 Å². The number of hydrogen-bond acceptors (Lipinski definition) is 5. The van der Waals surface area contributed by atoms with E-state index in [-0.39, 0.29) is 18.1 Å². The third-order valence-corrected chi connectivity index (χ3v) is 4.57. The predicted octanol–water partition coefficient (Wildman–Crippen LogP) is 0.933.